The Kier molecular flexibility index (Phi) is 7.70. The molecule has 0 spiro atoms. The number of rotatable bonds is 9. The van der Waals surface area contributed by atoms with Crippen molar-refractivity contribution in [3.05, 3.63) is 89.5 Å². The second-order valence-corrected chi connectivity index (χ2v) is 8.44. The third-order valence-electron chi connectivity index (χ3n) is 6.31. The number of benzene rings is 3. The number of hydrogen-bond donors (Lipinski definition) is 1. The third-order valence-corrected chi connectivity index (χ3v) is 6.31. The molecule has 2 unspecified atom stereocenters. The predicted molar refractivity (Wildman–Crippen MR) is 131 cm³/mol. The van der Waals surface area contributed by atoms with Crippen molar-refractivity contribution < 1.29 is 24.1 Å². The molecule has 6 heteroatoms. The van der Waals surface area contributed by atoms with Gasteiger partial charge in [-0.3, -0.25) is 9.69 Å². The average molecular weight is 462 g/mol. The standard InChI is InChI=1S/C28H31NO5/c1-32-22-14-15-26(33-2)24(18-22)27(29-16-7-6-13-25(29)28(30)31)21-11-8-12-23(17-21)34-19-20-9-4-3-5-10-20/h3-5,8-12,14-15,17-18,25,27H,6-7,13,16,19H2,1-2H3,(H,30,31). The predicted octanol–water partition coefficient (Wildman–Crippen LogP) is 5.31. The molecule has 4 rings (SSSR count). The summed E-state index contributed by atoms with van der Waals surface area (Å²) < 4.78 is 17.3. The number of carboxylic acids is 1. The number of carboxylic acid groups (broad SMARTS) is 1. The van der Waals surface area contributed by atoms with Gasteiger partial charge in [0.1, 0.15) is 29.9 Å². The minimum Gasteiger partial charge on any atom is -0.497 e. The average Bonchev–Trinajstić information content (AvgIpc) is 2.88. The van der Waals surface area contributed by atoms with Crippen molar-refractivity contribution >= 4 is 5.97 Å². The van der Waals surface area contributed by atoms with Crippen LogP contribution < -0.4 is 14.2 Å². The Labute approximate surface area is 200 Å². The number of methoxy groups -OCH3 is 2. The van der Waals surface area contributed by atoms with Crippen LogP contribution in [0.4, 0.5) is 0 Å². The van der Waals surface area contributed by atoms with Crippen molar-refractivity contribution in [2.45, 2.75) is 38.0 Å². The molecule has 0 aromatic heterocycles. The van der Waals surface area contributed by atoms with E-state index in [2.05, 4.69) is 4.90 Å². The van der Waals surface area contributed by atoms with E-state index >= 15 is 0 Å². The van der Waals surface area contributed by atoms with Gasteiger partial charge >= 0.3 is 5.97 Å². The molecular weight excluding hydrogens is 430 g/mol. The normalized spacial score (nSPS) is 17.1. The number of hydrogen-bond acceptors (Lipinski definition) is 5. The minimum absolute atomic E-state index is 0.327. The molecule has 0 amide bonds. The third kappa shape index (κ3) is 5.34. The summed E-state index contributed by atoms with van der Waals surface area (Å²) in [6, 6.07) is 22.7. The SMILES string of the molecule is COc1ccc(OC)c(C(c2cccc(OCc3ccccc3)c2)N2CCCCC2C(=O)O)c1. The van der Waals surface area contributed by atoms with Crippen molar-refractivity contribution in [2.24, 2.45) is 0 Å². The van der Waals surface area contributed by atoms with Crippen molar-refractivity contribution in [2.75, 3.05) is 20.8 Å². The van der Waals surface area contributed by atoms with Crippen LogP contribution in [0.2, 0.25) is 0 Å². The van der Waals surface area contributed by atoms with Gasteiger partial charge in [-0.1, -0.05) is 48.9 Å². The van der Waals surface area contributed by atoms with Crippen LogP contribution in [0.25, 0.3) is 0 Å². The molecule has 6 nitrogen and oxygen atoms in total. The highest BCUT2D eigenvalue weighted by atomic mass is 16.5. The fraction of sp³-hybridized carbons (Fsp3) is 0.321. The molecule has 0 radical (unpaired) electrons. The molecule has 0 saturated carbocycles. The first-order valence-electron chi connectivity index (χ1n) is 11.6. The smallest absolute Gasteiger partial charge is 0.320 e. The molecule has 3 aromatic rings. The summed E-state index contributed by atoms with van der Waals surface area (Å²) in [5.41, 5.74) is 2.90. The molecule has 3 aromatic carbocycles. The van der Waals surface area contributed by atoms with Gasteiger partial charge in [0.15, 0.2) is 0 Å². The Bertz CT molecular complexity index is 1100. The second-order valence-electron chi connectivity index (χ2n) is 8.44. The topological polar surface area (TPSA) is 68.2 Å². The van der Waals surface area contributed by atoms with Crippen molar-refractivity contribution in [1.82, 2.24) is 4.90 Å². The van der Waals surface area contributed by atoms with E-state index in [1.807, 2.05) is 72.8 Å². The summed E-state index contributed by atoms with van der Waals surface area (Å²) in [4.78, 5) is 14.3. The van der Waals surface area contributed by atoms with Gasteiger partial charge in [0.05, 0.1) is 20.3 Å². The molecule has 0 bridgehead atoms. The zero-order valence-corrected chi connectivity index (χ0v) is 19.6. The van der Waals surface area contributed by atoms with E-state index in [4.69, 9.17) is 14.2 Å². The molecule has 1 N–H and O–H groups in total. The van der Waals surface area contributed by atoms with E-state index in [1.54, 1.807) is 14.2 Å². The summed E-state index contributed by atoms with van der Waals surface area (Å²) >= 11 is 0. The second kappa shape index (κ2) is 11.1. The van der Waals surface area contributed by atoms with Gasteiger partial charge in [0, 0.05) is 5.56 Å². The van der Waals surface area contributed by atoms with Crippen LogP contribution in [0, 0.1) is 0 Å². The lowest BCUT2D eigenvalue weighted by Crippen LogP contribution is -2.46. The molecule has 178 valence electrons. The molecule has 1 heterocycles. The van der Waals surface area contributed by atoms with E-state index in [9.17, 15) is 9.90 Å². The lowest BCUT2D eigenvalue weighted by Gasteiger charge is -2.40. The Morgan fingerprint density at radius 2 is 1.79 bits per heavy atom. The molecule has 34 heavy (non-hydrogen) atoms. The van der Waals surface area contributed by atoms with Crippen molar-refractivity contribution in [3.63, 3.8) is 0 Å². The molecule has 0 aliphatic carbocycles. The fourth-order valence-electron chi connectivity index (χ4n) is 4.65. The number of aliphatic carboxylic acids is 1. The van der Waals surface area contributed by atoms with E-state index in [0.29, 0.717) is 31.1 Å². The van der Waals surface area contributed by atoms with Crippen LogP contribution in [0.3, 0.4) is 0 Å². The molecule has 2 atom stereocenters. The monoisotopic (exact) mass is 461 g/mol. The Hall–Kier alpha value is -3.51. The largest absolute Gasteiger partial charge is 0.497 e. The molecule has 1 aliphatic heterocycles. The van der Waals surface area contributed by atoms with Crippen LogP contribution in [0.1, 0.15) is 42.0 Å². The van der Waals surface area contributed by atoms with E-state index < -0.39 is 12.0 Å². The van der Waals surface area contributed by atoms with Crippen LogP contribution >= 0.6 is 0 Å². The molecule has 1 fully saturated rings. The van der Waals surface area contributed by atoms with Crippen LogP contribution in [0.15, 0.2) is 72.8 Å². The number of nitrogens with zero attached hydrogens (tertiary/aromatic N) is 1. The maximum atomic E-state index is 12.2. The van der Waals surface area contributed by atoms with Gasteiger partial charge in [-0.2, -0.15) is 0 Å². The van der Waals surface area contributed by atoms with Crippen molar-refractivity contribution in [1.29, 1.82) is 0 Å². The highest BCUT2D eigenvalue weighted by Gasteiger charge is 2.36. The lowest BCUT2D eigenvalue weighted by atomic mass is 9.91. The Balaban J connectivity index is 1.75. The number of ether oxygens (including phenoxy) is 3. The maximum Gasteiger partial charge on any atom is 0.320 e. The van der Waals surface area contributed by atoms with Crippen molar-refractivity contribution in [3.8, 4) is 17.2 Å². The van der Waals surface area contributed by atoms with Crippen LogP contribution in [-0.4, -0.2) is 42.8 Å². The van der Waals surface area contributed by atoms with Gasteiger partial charge in [-0.25, -0.2) is 0 Å². The summed E-state index contributed by atoms with van der Waals surface area (Å²) in [5, 5.41) is 10.0. The van der Waals surface area contributed by atoms with Crippen LogP contribution in [0.5, 0.6) is 17.2 Å². The number of piperidine rings is 1. The van der Waals surface area contributed by atoms with Crippen LogP contribution in [-0.2, 0) is 11.4 Å². The first-order chi connectivity index (χ1) is 16.6. The first kappa shape index (κ1) is 23.6. The fourth-order valence-corrected chi connectivity index (χ4v) is 4.65. The lowest BCUT2D eigenvalue weighted by molar-refractivity contribution is -0.145. The summed E-state index contributed by atoms with van der Waals surface area (Å²) in [6.07, 6.45) is 2.45. The highest BCUT2D eigenvalue weighted by molar-refractivity contribution is 5.74. The van der Waals surface area contributed by atoms with Gasteiger partial charge in [-0.15, -0.1) is 0 Å². The van der Waals surface area contributed by atoms with E-state index in [0.717, 1.165) is 35.3 Å². The quantitative estimate of drug-likeness (QED) is 0.466. The summed E-state index contributed by atoms with van der Waals surface area (Å²) in [7, 11) is 3.26. The molecular formula is C28H31NO5. The highest BCUT2D eigenvalue weighted by Crippen LogP contribution is 2.41. The first-order valence-corrected chi connectivity index (χ1v) is 11.6. The van der Waals surface area contributed by atoms with E-state index in [-0.39, 0.29) is 6.04 Å². The van der Waals surface area contributed by atoms with Gasteiger partial charge < -0.3 is 19.3 Å². The van der Waals surface area contributed by atoms with E-state index in [1.165, 1.54) is 0 Å². The Morgan fingerprint density at radius 3 is 2.53 bits per heavy atom. The zero-order valence-electron chi connectivity index (χ0n) is 19.6. The summed E-state index contributed by atoms with van der Waals surface area (Å²) in [5.74, 6) is 1.32. The number of likely N-dealkylation sites (tertiary alicyclic amines) is 1. The molecule has 1 saturated heterocycles. The zero-order chi connectivity index (χ0) is 23.9. The van der Waals surface area contributed by atoms with Gasteiger partial charge in [0.25, 0.3) is 0 Å². The Morgan fingerprint density at radius 1 is 0.971 bits per heavy atom. The van der Waals surface area contributed by atoms with Gasteiger partial charge in [0.2, 0.25) is 0 Å². The number of carbonyl (C=O) groups is 1. The maximum absolute atomic E-state index is 12.2. The molecule has 1 aliphatic rings. The minimum atomic E-state index is -0.803. The summed E-state index contributed by atoms with van der Waals surface area (Å²) in [6.45, 7) is 1.13. The van der Waals surface area contributed by atoms with Gasteiger partial charge in [-0.05, 0) is 60.8 Å².